The minimum absolute atomic E-state index is 0.0711. The highest BCUT2D eigenvalue weighted by Crippen LogP contribution is 2.16. The Labute approximate surface area is 171 Å². The highest BCUT2D eigenvalue weighted by atomic mass is 32.2. The van der Waals surface area contributed by atoms with Gasteiger partial charge in [-0.2, -0.15) is 0 Å². The van der Waals surface area contributed by atoms with Crippen LogP contribution in [0.3, 0.4) is 0 Å². The lowest BCUT2D eigenvalue weighted by molar-refractivity contribution is -0.119. The Balaban J connectivity index is 1.34. The van der Waals surface area contributed by atoms with Crippen molar-refractivity contribution in [3.05, 3.63) is 75.8 Å². The van der Waals surface area contributed by atoms with E-state index >= 15 is 0 Å². The first kappa shape index (κ1) is 19.2. The summed E-state index contributed by atoms with van der Waals surface area (Å²) >= 11 is 1.47. The number of carbonyl (C=O) groups is 2. The van der Waals surface area contributed by atoms with Crippen LogP contribution in [-0.2, 0) is 23.5 Å². The third-order valence-corrected chi connectivity index (χ3v) is 5.74. The summed E-state index contributed by atoms with van der Waals surface area (Å²) in [5.41, 5.74) is 6.75. The van der Waals surface area contributed by atoms with Crippen molar-refractivity contribution in [1.82, 2.24) is 20.4 Å². The molecule has 0 fully saturated rings. The molecule has 0 radical (unpaired) electrons. The van der Waals surface area contributed by atoms with E-state index in [4.69, 9.17) is 0 Å². The molecule has 2 amide bonds. The Morgan fingerprint density at radius 3 is 2.76 bits per heavy atom. The van der Waals surface area contributed by atoms with Gasteiger partial charge in [0.2, 0.25) is 5.91 Å². The van der Waals surface area contributed by atoms with Gasteiger partial charge < -0.3 is 0 Å². The summed E-state index contributed by atoms with van der Waals surface area (Å²) in [6, 6.07) is 14.6. The Bertz CT molecular complexity index is 1130. The van der Waals surface area contributed by atoms with Gasteiger partial charge in [-0.05, 0) is 30.2 Å². The van der Waals surface area contributed by atoms with Gasteiger partial charge in [0, 0.05) is 24.3 Å². The number of amides is 2. The molecule has 1 aliphatic rings. The third kappa shape index (κ3) is 4.32. The second-order valence-electron chi connectivity index (χ2n) is 6.80. The van der Waals surface area contributed by atoms with E-state index in [1.165, 1.54) is 11.8 Å². The number of thioether (sulfide) groups is 1. The lowest BCUT2D eigenvalue weighted by Crippen LogP contribution is -2.42. The topological polar surface area (TPSA) is 93.1 Å². The van der Waals surface area contributed by atoms with Gasteiger partial charge in [0.15, 0.2) is 0 Å². The van der Waals surface area contributed by atoms with Crippen LogP contribution in [0.4, 0.5) is 0 Å². The van der Waals surface area contributed by atoms with Crippen LogP contribution < -0.4 is 16.4 Å². The zero-order valence-corrected chi connectivity index (χ0v) is 16.5. The van der Waals surface area contributed by atoms with Crippen molar-refractivity contribution in [1.29, 1.82) is 0 Å². The summed E-state index contributed by atoms with van der Waals surface area (Å²) in [6.45, 7) is 0.688. The zero-order valence-electron chi connectivity index (χ0n) is 15.7. The molecule has 1 aromatic heterocycles. The summed E-state index contributed by atoms with van der Waals surface area (Å²) in [4.78, 5) is 41.3. The predicted molar refractivity (Wildman–Crippen MR) is 113 cm³/mol. The van der Waals surface area contributed by atoms with E-state index in [0.29, 0.717) is 23.0 Å². The molecule has 7 nitrogen and oxygen atoms in total. The van der Waals surface area contributed by atoms with Crippen LogP contribution in [0.25, 0.3) is 10.9 Å². The number of fused-ring (bicyclic) bond motifs is 2. The normalized spacial score (nSPS) is 12.6. The summed E-state index contributed by atoms with van der Waals surface area (Å²) < 4.78 is 1.69. The van der Waals surface area contributed by atoms with Crippen LogP contribution in [0, 0.1) is 0 Å². The van der Waals surface area contributed by atoms with Gasteiger partial charge >= 0.3 is 0 Å². The van der Waals surface area contributed by atoms with Crippen LogP contribution in [0.2, 0.25) is 0 Å². The number of carbonyl (C=O) groups excluding carboxylic acids is 2. The molecular formula is C21H20N4O3S. The molecule has 1 aliphatic heterocycles. The number of hydrogen-bond acceptors (Lipinski definition) is 5. The van der Waals surface area contributed by atoms with Crippen molar-refractivity contribution in [2.75, 3.05) is 5.75 Å². The van der Waals surface area contributed by atoms with E-state index in [0.717, 1.165) is 30.0 Å². The summed E-state index contributed by atoms with van der Waals surface area (Å²) in [5.74, 6) is 0.976. The first-order chi connectivity index (χ1) is 14.1. The lowest BCUT2D eigenvalue weighted by Gasteiger charge is -2.09. The van der Waals surface area contributed by atoms with Gasteiger partial charge in [-0.15, -0.1) is 11.8 Å². The highest BCUT2D eigenvalue weighted by Gasteiger charge is 2.17. The Kier molecular flexibility index (Phi) is 5.62. The van der Waals surface area contributed by atoms with Crippen LogP contribution in [0.15, 0.2) is 53.3 Å². The van der Waals surface area contributed by atoms with E-state index < -0.39 is 5.91 Å². The Morgan fingerprint density at radius 2 is 1.93 bits per heavy atom. The highest BCUT2D eigenvalue weighted by molar-refractivity contribution is 7.99. The molecule has 0 saturated heterocycles. The van der Waals surface area contributed by atoms with Gasteiger partial charge in [-0.3, -0.25) is 29.8 Å². The average molecular weight is 408 g/mol. The molecule has 148 valence electrons. The van der Waals surface area contributed by atoms with Crippen LogP contribution >= 0.6 is 11.8 Å². The Morgan fingerprint density at radius 1 is 1.10 bits per heavy atom. The fourth-order valence-corrected chi connectivity index (χ4v) is 4.08. The maximum atomic E-state index is 12.5. The molecule has 2 N–H and O–H groups in total. The van der Waals surface area contributed by atoms with Gasteiger partial charge in [0.25, 0.3) is 11.5 Å². The number of aromatic nitrogens is 2. The number of rotatable bonds is 5. The number of nitrogens with one attached hydrogen (secondary N) is 2. The quantitative estimate of drug-likeness (QED) is 0.630. The molecule has 0 unspecified atom stereocenters. The fourth-order valence-electron chi connectivity index (χ4n) is 3.30. The molecule has 0 spiro atoms. The zero-order chi connectivity index (χ0) is 20.2. The standard InChI is InChI=1S/C21H20N4O3S/c26-19(13-29-12-14-5-2-1-3-6-14)23-24-20(27)15-8-9-16-17(11-15)22-18-7-4-10-25(18)21(16)28/h1-3,5-6,8-9,11H,4,7,10,12-13H2,(H,23,26)(H,24,27). The molecule has 3 aromatic rings. The van der Waals surface area contributed by atoms with Gasteiger partial charge in [-0.1, -0.05) is 30.3 Å². The SMILES string of the molecule is O=C(CSCc1ccccc1)NNC(=O)c1ccc2c(=O)n3c(nc2c1)CCC3. The molecule has 2 aromatic carbocycles. The number of nitrogens with zero attached hydrogens (tertiary/aromatic N) is 2. The van der Waals surface area contributed by atoms with Crippen molar-refractivity contribution in [2.45, 2.75) is 25.1 Å². The van der Waals surface area contributed by atoms with Crippen LogP contribution in [0.1, 0.15) is 28.2 Å². The minimum Gasteiger partial charge on any atom is -0.296 e. The number of aryl methyl sites for hydroxylation is 1. The van der Waals surface area contributed by atoms with E-state index in [-0.39, 0.29) is 17.2 Å². The largest absolute Gasteiger partial charge is 0.296 e. The molecule has 0 saturated carbocycles. The van der Waals surface area contributed by atoms with E-state index in [1.54, 1.807) is 22.8 Å². The van der Waals surface area contributed by atoms with E-state index in [1.807, 2.05) is 30.3 Å². The number of hydrogen-bond donors (Lipinski definition) is 2. The number of hydrazine groups is 1. The molecule has 2 heterocycles. The second-order valence-corrected chi connectivity index (χ2v) is 7.79. The predicted octanol–water partition coefficient (Wildman–Crippen LogP) is 2.04. The van der Waals surface area contributed by atoms with Crippen molar-refractivity contribution >= 4 is 34.5 Å². The molecule has 0 bridgehead atoms. The molecule has 8 heteroatoms. The third-order valence-electron chi connectivity index (χ3n) is 4.74. The smallest absolute Gasteiger partial charge is 0.269 e. The summed E-state index contributed by atoms with van der Waals surface area (Å²) in [6.07, 6.45) is 1.67. The first-order valence-electron chi connectivity index (χ1n) is 9.36. The second kappa shape index (κ2) is 8.48. The van der Waals surface area contributed by atoms with Crippen molar-refractivity contribution in [2.24, 2.45) is 0 Å². The maximum Gasteiger partial charge on any atom is 0.269 e. The molecule has 29 heavy (non-hydrogen) atoms. The molecule has 0 aliphatic carbocycles. The van der Waals surface area contributed by atoms with Crippen molar-refractivity contribution in [3.8, 4) is 0 Å². The maximum absolute atomic E-state index is 12.5. The van der Waals surface area contributed by atoms with Gasteiger partial charge in [0.05, 0.1) is 16.7 Å². The van der Waals surface area contributed by atoms with E-state index in [2.05, 4.69) is 15.8 Å². The van der Waals surface area contributed by atoms with Crippen molar-refractivity contribution in [3.63, 3.8) is 0 Å². The van der Waals surface area contributed by atoms with Gasteiger partial charge in [0.1, 0.15) is 5.82 Å². The monoisotopic (exact) mass is 408 g/mol. The lowest BCUT2D eigenvalue weighted by atomic mass is 10.1. The average Bonchev–Trinajstić information content (AvgIpc) is 3.21. The van der Waals surface area contributed by atoms with Gasteiger partial charge in [-0.25, -0.2) is 4.98 Å². The minimum atomic E-state index is -0.448. The summed E-state index contributed by atoms with van der Waals surface area (Å²) in [7, 11) is 0. The first-order valence-corrected chi connectivity index (χ1v) is 10.5. The van der Waals surface area contributed by atoms with Crippen LogP contribution in [0.5, 0.6) is 0 Å². The summed E-state index contributed by atoms with van der Waals surface area (Å²) in [5, 5.41) is 0.494. The Hall–Kier alpha value is -3.13. The fraction of sp³-hybridized carbons (Fsp3) is 0.238. The van der Waals surface area contributed by atoms with Crippen LogP contribution in [-0.4, -0.2) is 27.1 Å². The number of benzene rings is 2. The molecular weight excluding hydrogens is 388 g/mol. The van der Waals surface area contributed by atoms with Crippen molar-refractivity contribution < 1.29 is 9.59 Å². The van der Waals surface area contributed by atoms with E-state index in [9.17, 15) is 14.4 Å². The molecule has 0 atom stereocenters. The molecule has 4 rings (SSSR count).